The summed E-state index contributed by atoms with van der Waals surface area (Å²) in [6.07, 6.45) is 0.301. The first-order valence-corrected chi connectivity index (χ1v) is 9.29. The van der Waals surface area contributed by atoms with Gasteiger partial charge in [0, 0.05) is 35.0 Å². The number of carbonyl (C=O) groups excluding carboxylic acids is 2. The lowest BCUT2D eigenvalue weighted by Crippen LogP contribution is -2.28. The molecular formula is C16H11Cl2NO5S. The molecule has 1 heterocycles. The third kappa shape index (κ3) is 3.78. The van der Waals surface area contributed by atoms with Crippen molar-refractivity contribution in [3.05, 3.63) is 52.5 Å². The Balaban J connectivity index is 1.85. The molecule has 0 spiro atoms. The fraction of sp³-hybridized carbons (Fsp3) is 0.125. The van der Waals surface area contributed by atoms with Gasteiger partial charge < -0.3 is 4.18 Å². The van der Waals surface area contributed by atoms with Gasteiger partial charge in [0.25, 0.3) is 0 Å². The first kappa shape index (κ1) is 17.7. The molecule has 6 nitrogen and oxygen atoms in total. The molecule has 0 atom stereocenters. The first-order chi connectivity index (χ1) is 11.8. The average Bonchev–Trinajstić information content (AvgIpc) is 2.85. The number of carbonyl (C=O) groups is 2. The zero-order chi connectivity index (χ0) is 18.2. The highest BCUT2D eigenvalue weighted by Gasteiger charge is 2.30. The molecular weight excluding hydrogens is 389 g/mol. The van der Waals surface area contributed by atoms with Crippen LogP contribution in [0, 0.1) is 0 Å². The number of anilines is 1. The molecule has 130 valence electrons. The van der Waals surface area contributed by atoms with E-state index in [9.17, 15) is 18.0 Å². The summed E-state index contributed by atoms with van der Waals surface area (Å²) in [5, 5.41) is 0.471. The van der Waals surface area contributed by atoms with Crippen molar-refractivity contribution in [2.75, 3.05) is 4.90 Å². The molecule has 1 aliphatic rings. The number of imide groups is 1. The van der Waals surface area contributed by atoms with Crippen LogP contribution in [0.25, 0.3) is 0 Å². The van der Waals surface area contributed by atoms with Gasteiger partial charge in [0.15, 0.2) is 0 Å². The van der Waals surface area contributed by atoms with E-state index in [1.54, 1.807) is 0 Å². The second-order valence-corrected chi connectivity index (χ2v) is 7.68. The molecule has 0 bridgehead atoms. The molecule has 0 unspecified atom stereocenters. The molecule has 3 rings (SSSR count). The molecule has 25 heavy (non-hydrogen) atoms. The molecule has 2 aromatic carbocycles. The summed E-state index contributed by atoms with van der Waals surface area (Å²) in [4.78, 5) is 24.3. The molecule has 2 aromatic rings. The summed E-state index contributed by atoms with van der Waals surface area (Å²) in [7, 11) is -4.12. The van der Waals surface area contributed by atoms with E-state index in [4.69, 9.17) is 27.4 Å². The minimum absolute atomic E-state index is 0.0218. The van der Waals surface area contributed by atoms with Crippen molar-refractivity contribution in [3.8, 4) is 5.75 Å². The minimum Gasteiger partial charge on any atom is -0.379 e. The van der Waals surface area contributed by atoms with E-state index in [2.05, 4.69) is 0 Å². The van der Waals surface area contributed by atoms with Gasteiger partial charge in [0.2, 0.25) is 11.8 Å². The summed E-state index contributed by atoms with van der Waals surface area (Å²) in [6, 6.07) is 9.36. The second kappa shape index (κ2) is 6.67. The van der Waals surface area contributed by atoms with Gasteiger partial charge in [-0.1, -0.05) is 23.2 Å². The van der Waals surface area contributed by atoms with Crippen molar-refractivity contribution in [2.24, 2.45) is 0 Å². The molecule has 0 N–H and O–H groups in total. The second-order valence-electron chi connectivity index (χ2n) is 5.26. The summed E-state index contributed by atoms with van der Waals surface area (Å²) in [6.45, 7) is 0. The van der Waals surface area contributed by atoms with Crippen LogP contribution >= 0.6 is 23.2 Å². The largest absolute Gasteiger partial charge is 0.379 e. The Labute approximate surface area is 154 Å². The van der Waals surface area contributed by atoms with Crippen LogP contribution in [0.3, 0.4) is 0 Å². The lowest BCUT2D eigenvalue weighted by Gasteiger charge is -2.14. The number of benzene rings is 2. The standard InChI is InChI=1S/C16H11Cl2NO5S/c17-10-7-11(18)9-13(8-10)24-25(22,23)14-3-1-12(2-4-14)19-15(20)5-6-16(19)21/h1-4,7-9H,5-6H2. The van der Waals surface area contributed by atoms with Gasteiger partial charge in [-0.05, 0) is 30.3 Å². The molecule has 0 aliphatic carbocycles. The lowest BCUT2D eigenvalue weighted by atomic mass is 10.3. The van der Waals surface area contributed by atoms with Gasteiger partial charge in [0.05, 0.1) is 5.69 Å². The van der Waals surface area contributed by atoms with E-state index >= 15 is 0 Å². The Kier molecular flexibility index (Phi) is 4.73. The molecule has 0 radical (unpaired) electrons. The van der Waals surface area contributed by atoms with E-state index in [0.29, 0.717) is 5.69 Å². The molecule has 1 fully saturated rings. The SMILES string of the molecule is O=C1CCC(=O)N1c1ccc(S(=O)(=O)Oc2cc(Cl)cc(Cl)c2)cc1. The maximum atomic E-state index is 12.3. The van der Waals surface area contributed by atoms with Gasteiger partial charge >= 0.3 is 10.1 Å². The summed E-state index contributed by atoms with van der Waals surface area (Å²) in [5.74, 6) is -0.651. The Hall–Kier alpha value is -2.09. The Bertz CT molecular complexity index is 921. The van der Waals surface area contributed by atoms with Gasteiger partial charge in [0.1, 0.15) is 10.6 Å². The average molecular weight is 400 g/mol. The van der Waals surface area contributed by atoms with Gasteiger partial charge in [-0.15, -0.1) is 0 Å². The van der Waals surface area contributed by atoms with Gasteiger partial charge in [-0.2, -0.15) is 8.42 Å². The minimum atomic E-state index is -4.12. The van der Waals surface area contributed by atoms with Crippen LogP contribution < -0.4 is 9.08 Å². The van der Waals surface area contributed by atoms with Crippen molar-refractivity contribution in [2.45, 2.75) is 17.7 Å². The van der Waals surface area contributed by atoms with Crippen molar-refractivity contribution >= 4 is 50.8 Å². The molecule has 9 heteroatoms. The van der Waals surface area contributed by atoms with E-state index in [1.807, 2.05) is 0 Å². The van der Waals surface area contributed by atoms with Crippen LogP contribution in [0.4, 0.5) is 5.69 Å². The Morgan fingerprint density at radius 3 is 1.92 bits per heavy atom. The molecule has 1 saturated heterocycles. The quantitative estimate of drug-likeness (QED) is 0.581. The number of amides is 2. The fourth-order valence-electron chi connectivity index (χ4n) is 2.38. The monoisotopic (exact) mass is 399 g/mol. The number of rotatable bonds is 4. The molecule has 0 aromatic heterocycles. The smallest absolute Gasteiger partial charge is 0.339 e. The maximum absolute atomic E-state index is 12.3. The highest BCUT2D eigenvalue weighted by molar-refractivity contribution is 7.87. The van der Waals surface area contributed by atoms with Gasteiger partial charge in [-0.3, -0.25) is 14.5 Å². The summed E-state index contributed by atoms with van der Waals surface area (Å²) >= 11 is 11.6. The van der Waals surface area contributed by atoms with Crippen LogP contribution in [0.1, 0.15) is 12.8 Å². The highest BCUT2D eigenvalue weighted by atomic mass is 35.5. The number of nitrogens with zero attached hydrogens (tertiary/aromatic N) is 1. The van der Waals surface area contributed by atoms with Crippen LogP contribution in [0.2, 0.25) is 10.0 Å². The van der Waals surface area contributed by atoms with Crippen molar-refractivity contribution in [3.63, 3.8) is 0 Å². The van der Waals surface area contributed by atoms with Crippen LogP contribution in [0.15, 0.2) is 47.4 Å². The third-order valence-electron chi connectivity index (χ3n) is 3.48. The van der Waals surface area contributed by atoms with Crippen molar-refractivity contribution in [1.82, 2.24) is 0 Å². The zero-order valence-corrected chi connectivity index (χ0v) is 14.9. The predicted molar refractivity (Wildman–Crippen MR) is 92.4 cm³/mol. The summed E-state index contributed by atoms with van der Waals surface area (Å²) in [5.41, 5.74) is 0.317. The maximum Gasteiger partial charge on any atom is 0.339 e. The first-order valence-electron chi connectivity index (χ1n) is 7.13. The third-order valence-corrected chi connectivity index (χ3v) is 5.17. The van der Waals surface area contributed by atoms with Crippen LogP contribution in [-0.4, -0.2) is 20.2 Å². The number of hydrogen-bond donors (Lipinski definition) is 0. The van der Waals surface area contributed by atoms with Crippen molar-refractivity contribution < 1.29 is 22.2 Å². The number of halogens is 2. The zero-order valence-electron chi connectivity index (χ0n) is 12.6. The predicted octanol–water partition coefficient (Wildman–Crippen LogP) is 3.41. The van der Waals surface area contributed by atoms with E-state index in [-0.39, 0.29) is 45.3 Å². The highest BCUT2D eigenvalue weighted by Crippen LogP contribution is 2.28. The topological polar surface area (TPSA) is 80.8 Å². The van der Waals surface area contributed by atoms with E-state index < -0.39 is 10.1 Å². The van der Waals surface area contributed by atoms with Crippen LogP contribution in [0.5, 0.6) is 5.75 Å². The Morgan fingerprint density at radius 1 is 0.880 bits per heavy atom. The van der Waals surface area contributed by atoms with E-state index in [0.717, 1.165) is 4.90 Å². The summed E-state index contributed by atoms with van der Waals surface area (Å²) < 4.78 is 29.7. The normalized spacial score (nSPS) is 14.9. The van der Waals surface area contributed by atoms with Crippen molar-refractivity contribution in [1.29, 1.82) is 0 Å². The lowest BCUT2D eigenvalue weighted by molar-refractivity contribution is -0.121. The van der Waals surface area contributed by atoms with E-state index in [1.165, 1.54) is 42.5 Å². The fourth-order valence-corrected chi connectivity index (χ4v) is 3.80. The molecule has 2 amide bonds. The molecule has 1 aliphatic heterocycles. The number of hydrogen-bond acceptors (Lipinski definition) is 5. The van der Waals surface area contributed by atoms with Crippen LogP contribution in [-0.2, 0) is 19.7 Å². The Morgan fingerprint density at radius 2 is 1.40 bits per heavy atom. The van der Waals surface area contributed by atoms with Gasteiger partial charge in [-0.25, -0.2) is 0 Å². The molecule has 0 saturated carbocycles.